The molecule has 0 amide bonds. The lowest BCUT2D eigenvalue weighted by Gasteiger charge is -2.34. The molecule has 3 aromatic rings. The van der Waals surface area contributed by atoms with Gasteiger partial charge in [-0.1, -0.05) is 45.5 Å². The molecule has 2 heterocycles. The van der Waals surface area contributed by atoms with Gasteiger partial charge in [-0.15, -0.1) is 0 Å². The van der Waals surface area contributed by atoms with Crippen LogP contribution in [0.5, 0.6) is 0 Å². The highest BCUT2D eigenvalue weighted by Gasteiger charge is 2.30. The Labute approximate surface area is 173 Å². The van der Waals surface area contributed by atoms with Crippen molar-refractivity contribution in [3.05, 3.63) is 65.6 Å². The largest absolute Gasteiger partial charge is 0.405 e. The van der Waals surface area contributed by atoms with Crippen LogP contribution in [0.1, 0.15) is 49.7 Å². The number of aromatic nitrogens is 2. The van der Waals surface area contributed by atoms with Crippen LogP contribution in [0.25, 0.3) is 22.2 Å². The second kappa shape index (κ2) is 8.40. The molecule has 1 atom stereocenters. The summed E-state index contributed by atoms with van der Waals surface area (Å²) in [6.45, 7) is 11.8. The number of hydrogen-bond acceptors (Lipinski definition) is 2. The van der Waals surface area contributed by atoms with Crippen molar-refractivity contribution in [3.8, 4) is 11.1 Å². The summed E-state index contributed by atoms with van der Waals surface area (Å²) < 4.78 is 13.1. The van der Waals surface area contributed by atoms with Crippen LogP contribution in [-0.4, -0.2) is 9.97 Å². The van der Waals surface area contributed by atoms with E-state index >= 15 is 0 Å². The predicted molar refractivity (Wildman–Crippen MR) is 120 cm³/mol. The molecule has 0 spiro atoms. The Morgan fingerprint density at radius 2 is 2.03 bits per heavy atom. The molecule has 0 bridgehead atoms. The molecule has 4 rings (SSSR count). The molecule has 1 aliphatic carbocycles. The molecule has 29 heavy (non-hydrogen) atoms. The Morgan fingerprint density at radius 1 is 1.31 bits per heavy atom. The molecule has 1 aliphatic rings. The van der Waals surface area contributed by atoms with E-state index in [1.807, 2.05) is 24.3 Å². The van der Waals surface area contributed by atoms with Gasteiger partial charge in [0.1, 0.15) is 6.67 Å². The Bertz CT molecular complexity index is 1010. The summed E-state index contributed by atoms with van der Waals surface area (Å²) in [4.78, 5) is 8.57. The number of pyridine rings is 1. The summed E-state index contributed by atoms with van der Waals surface area (Å²) >= 11 is 0. The van der Waals surface area contributed by atoms with Crippen LogP contribution in [0.2, 0.25) is 0 Å². The molecule has 0 saturated carbocycles. The highest BCUT2D eigenvalue weighted by atomic mass is 19.1. The van der Waals surface area contributed by atoms with Crippen LogP contribution in [0, 0.1) is 18.3 Å². The Morgan fingerprint density at radius 3 is 2.69 bits per heavy atom. The van der Waals surface area contributed by atoms with Crippen molar-refractivity contribution in [1.82, 2.24) is 9.97 Å². The Kier molecular flexibility index (Phi) is 6.11. The maximum Gasteiger partial charge on any atom is 0.115 e. The van der Waals surface area contributed by atoms with Crippen molar-refractivity contribution in [2.75, 3.05) is 0 Å². The molecule has 0 radical (unpaired) electrons. The number of fused-ring (bicyclic) bond motifs is 2. The molecule has 4 heteroatoms. The first-order valence-corrected chi connectivity index (χ1v) is 10.3. The fourth-order valence-corrected chi connectivity index (χ4v) is 4.29. The third-order valence-electron chi connectivity index (χ3n) is 5.92. The molecule has 0 fully saturated rings. The molecular formula is C25H32FN3. The van der Waals surface area contributed by atoms with Gasteiger partial charge in [-0.05, 0) is 72.5 Å². The summed E-state index contributed by atoms with van der Waals surface area (Å²) in [6.07, 6.45) is 4.60. The predicted octanol–water partition coefficient (Wildman–Crippen LogP) is 6.25. The molecule has 154 valence electrons. The number of aromatic amines is 1. The number of rotatable bonds is 2. The van der Waals surface area contributed by atoms with E-state index in [0.29, 0.717) is 16.9 Å². The zero-order chi connectivity index (χ0) is 21.2. The van der Waals surface area contributed by atoms with Crippen LogP contribution in [-0.2, 0) is 19.5 Å². The standard InChI is InChI=1S/C23H27FN2.C2H5N/c1-14-21(16-7-5-6-15(10-16)13-24)22-20(25-14)12-17-11-18(23(2,3)4)8-9-19(17)26-22;1-2-3/h5-7,10,12,18,25H,8-9,11,13H2,1-4H3;2H,1,3H2. The van der Waals surface area contributed by atoms with Gasteiger partial charge in [-0.3, -0.25) is 4.98 Å². The number of nitrogens with two attached hydrogens (primary N) is 1. The monoisotopic (exact) mass is 393 g/mol. The molecule has 1 aromatic carbocycles. The lowest BCUT2D eigenvalue weighted by molar-refractivity contribution is 0.215. The van der Waals surface area contributed by atoms with Crippen molar-refractivity contribution < 1.29 is 4.39 Å². The van der Waals surface area contributed by atoms with Gasteiger partial charge in [-0.25, -0.2) is 4.39 Å². The number of nitrogens with one attached hydrogen (secondary N) is 1. The van der Waals surface area contributed by atoms with E-state index in [0.717, 1.165) is 40.7 Å². The minimum Gasteiger partial charge on any atom is -0.405 e. The Balaban J connectivity index is 0.000000755. The number of halogens is 1. The average Bonchev–Trinajstić information content (AvgIpc) is 3.00. The summed E-state index contributed by atoms with van der Waals surface area (Å²) in [5.41, 5.74) is 13.6. The number of hydrogen-bond donors (Lipinski definition) is 2. The van der Waals surface area contributed by atoms with Gasteiger partial charge in [0.15, 0.2) is 0 Å². The number of aryl methyl sites for hydroxylation is 2. The summed E-state index contributed by atoms with van der Waals surface area (Å²) in [6, 6.07) is 10.0. The van der Waals surface area contributed by atoms with Crippen molar-refractivity contribution in [2.45, 2.75) is 53.6 Å². The third kappa shape index (κ3) is 4.36. The maximum atomic E-state index is 13.1. The smallest absolute Gasteiger partial charge is 0.115 e. The van der Waals surface area contributed by atoms with E-state index in [4.69, 9.17) is 4.98 Å². The van der Waals surface area contributed by atoms with Gasteiger partial charge >= 0.3 is 0 Å². The molecule has 0 saturated heterocycles. The van der Waals surface area contributed by atoms with Gasteiger partial charge in [0.25, 0.3) is 0 Å². The zero-order valence-corrected chi connectivity index (χ0v) is 18.0. The van der Waals surface area contributed by atoms with Crippen molar-refractivity contribution in [2.24, 2.45) is 17.1 Å². The van der Waals surface area contributed by atoms with Crippen LogP contribution < -0.4 is 5.73 Å². The van der Waals surface area contributed by atoms with E-state index in [9.17, 15) is 4.39 Å². The lowest BCUT2D eigenvalue weighted by Crippen LogP contribution is -2.27. The van der Waals surface area contributed by atoms with Gasteiger partial charge < -0.3 is 10.7 Å². The fourth-order valence-electron chi connectivity index (χ4n) is 4.29. The molecular weight excluding hydrogens is 361 g/mol. The van der Waals surface area contributed by atoms with Crippen LogP contribution >= 0.6 is 0 Å². The number of nitrogens with zero attached hydrogens (tertiary/aromatic N) is 1. The third-order valence-corrected chi connectivity index (χ3v) is 5.92. The second-order valence-corrected chi connectivity index (χ2v) is 8.99. The molecule has 1 unspecified atom stereocenters. The summed E-state index contributed by atoms with van der Waals surface area (Å²) in [5, 5.41) is 0. The number of H-pyrrole nitrogens is 1. The van der Waals surface area contributed by atoms with Crippen LogP contribution in [0.4, 0.5) is 4.39 Å². The normalized spacial score (nSPS) is 16.1. The van der Waals surface area contributed by atoms with E-state index in [2.05, 4.69) is 51.1 Å². The average molecular weight is 394 g/mol. The van der Waals surface area contributed by atoms with E-state index in [1.54, 1.807) is 0 Å². The quantitative estimate of drug-likeness (QED) is 0.541. The number of benzene rings is 1. The topological polar surface area (TPSA) is 54.7 Å². The first kappa shape index (κ1) is 21.1. The first-order valence-electron chi connectivity index (χ1n) is 10.3. The van der Waals surface area contributed by atoms with Crippen LogP contribution in [0.3, 0.4) is 0 Å². The fraction of sp³-hybridized carbons (Fsp3) is 0.400. The summed E-state index contributed by atoms with van der Waals surface area (Å²) in [5.74, 6) is 0.700. The molecule has 3 nitrogen and oxygen atoms in total. The van der Waals surface area contributed by atoms with Crippen LogP contribution in [0.15, 0.2) is 43.1 Å². The molecule has 3 N–H and O–H groups in total. The van der Waals surface area contributed by atoms with E-state index in [1.165, 1.54) is 23.9 Å². The van der Waals surface area contributed by atoms with Crippen molar-refractivity contribution >= 4 is 11.0 Å². The second-order valence-electron chi connectivity index (χ2n) is 8.99. The van der Waals surface area contributed by atoms with E-state index < -0.39 is 6.67 Å². The first-order chi connectivity index (χ1) is 13.8. The van der Waals surface area contributed by atoms with E-state index in [-0.39, 0.29) is 0 Å². The summed E-state index contributed by atoms with van der Waals surface area (Å²) in [7, 11) is 0. The highest BCUT2D eigenvalue weighted by Crippen LogP contribution is 2.39. The number of alkyl halides is 1. The minimum atomic E-state index is -0.438. The van der Waals surface area contributed by atoms with Crippen molar-refractivity contribution in [1.29, 1.82) is 0 Å². The molecule has 0 aliphatic heterocycles. The minimum absolute atomic E-state index is 0.330. The molecule has 2 aromatic heterocycles. The van der Waals surface area contributed by atoms with Gasteiger partial charge in [0.05, 0.1) is 11.0 Å². The SMILES string of the molecule is C=CN.Cc1[nH]c2cc3c(nc2c1-c1cccc(CF)c1)CCC(C(C)(C)C)C3. The Hall–Kier alpha value is -2.62. The lowest BCUT2D eigenvalue weighted by atomic mass is 9.71. The maximum absolute atomic E-state index is 13.1. The highest BCUT2D eigenvalue weighted by molar-refractivity contribution is 5.95. The zero-order valence-electron chi connectivity index (χ0n) is 18.0. The van der Waals surface area contributed by atoms with Crippen molar-refractivity contribution in [3.63, 3.8) is 0 Å². The van der Waals surface area contributed by atoms with Gasteiger partial charge in [0.2, 0.25) is 0 Å². The van der Waals surface area contributed by atoms with Gasteiger partial charge in [-0.2, -0.15) is 0 Å². The van der Waals surface area contributed by atoms with Gasteiger partial charge in [0, 0.05) is 17.0 Å².